The Morgan fingerprint density at radius 1 is 1.14 bits per heavy atom. The summed E-state index contributed by atoms with van der Waals surface area (Å²) in [5.41, 5.74) is 4.22. The van der Waals surface area contributed by atoms with Crippen LogP contribution >= 0.6 is 34.4 Å². The third-order valence-electron chi connectivity index (χ3n) is 5.53. The molecule has 6 nitrogen and oxygen atoms in total. The number of hydrogen-bond acceptors (Lipinski definition) is 6. The molecule has 0 saturated carbocycles. The number of rotatable bonds is 9. The lowest BCUT2D eigenvalue weighted by Crippen LogP contribution is -2.30. The van der Waals surface area contributed by atoms with Crippen molar-refractivity contribution < 1.29 is 14.3 Å². The first-order chi connectivity index (χ1) is 17.5. The molecule has 1 fully saturated rings. The second-order valence-corrected chi connectivity index (χ2v) is 10.3. The fourth-order valence-corrected chi connectivity index (χ4v) is 5.45. The van der Waals surface area contributed by atoms with Gasteiger partial charge in [-0.2, -0.15) is 5.26 Å². The van der Waals surface area contributed by atoms with Gasteiger partial charge in [-0.3, -0.25) is 4.79 Å². The summed E-state index contributed by atoms with van der Waals surface area (Å²) in [7, 11) is 0. The highest BCUT2D eigenvalue weighted by Crippen LogP contribution is 2.37. The minimum Gasteiger partial charge on any atom is -0.490 e. The van der Waals surface area contributed by atoms with Crippen LogP contribution in [0.2, 0.25) is 0 Å². The number of nitrogens with zero attached hydrogens (tertiary/aromatic N) is 1. The minimum atomic E-state index is -0.246. The number of carbonyl (C=O) groups is 1. The van der Waals surface area contributed by atoms with Crippen molar-refractivity contribution in [3.8, 4) is 17.6 Å². The maximum Gasteiger partial charge on any atom is 0.260 e. The van der Waals surface area contributed by atoms with Gasteiger partial charge in [-0.25, -0.2) is 0 Å². The fourth-order valence-electron chi connectivity index (χ4n) is 3.68. The van der Waals surface area contributed by atoms with Crippen molar-refractivity contribution >= 4 is 52.0 Å². The summed E-state index contributed by atoms with van der Waals surface area (Å²) in [5, 5.41) is 15.7. The molecule has 1 aliphatic rings. The lowest BCUT2D eigenvalue weighted by atomic mass is 10.1. The van der Waals surface area contributed by atoms with Gasteiger partial charge in [-0.15, -0.1) is 0 Å². The van der Waals surface area contributed by atoms with E-state index in [1.807, 2.05) is 55.5 Å². The van der Waals surface area contributed by atoms with E-state index in [0.717, 1.165) is 26.8 Å². The van der Waals surface area contributed by atoms with E-state index in [1.165, 1.54) is 17.3 Å². The summed E-state index contributed by atoms with van der Waals surface area (Å²) in [6.45, 7) is 4.76. The number of anilines is 1. The Bertz CT molecular complexity index is 1320. The number of halogens is 1. The molecule has 1 atom stereocenters. The molecule has 0 unspecified atom stereocenters. The molecule has 1 amide bonds. The summed E-state index contributed by atoms with van der Waals surface area (Å²) >= 11 is 3.65. The lowest BCUT2D eigenvalue weighted by Gasteiger charge is -2.15. The zero-order valence-electron chi connectivity index (χ0n) is 20.0. The second kappa shape index (κ2) is 12.2. The molecule has 0 radical (unpaired) electrons. The average molecular weight is 612 g/mol. The molecule has 3 aromatic rings. The van der Waals surface area contributed by atoms with Crippen molar-refractivity contribution in [3.63, 3.8) is 0 Å². The normalized spacial score (nSPS) is 15.9. The highest BCUT2D eigenvalue weighted by molar-refractivity contribution is 14.1. The Labute approximate surface area is 229 Å². The zero-order chi connectivity index (χ0) is 25.5. The monoisotopic (exact) mass is 611 g/mol. The van der Waals surface area contributed by atoms with Crippen molar-refractivity contribution in [2.75, 3.05) is 11.9 Å². The topological polar surface area (TPSA) is 83.4 Å². The van der Waals surface area contributed by atoms with E-state index in [2.05, 4.69) is 58.4 Å². The number of aryl methyl sites for hydroxylation is 1. The van der Waals surface area contributed by atoms with Crippen LogP contribution in [0, 0.1) is 14.9 Å². The van der Waals surface area contributed by atoms with Gasteiger partial charge in [0.15, 0.2) is 17.0 Å². The number of carbonyl (C=O) groups excluding carboxylic acids is 1. The maximum atomic E-state index is 12.6. The summed E-state index contributed by atoms with van der Waals surface area (Å²) in [4.78, 5) is 13.3. The van der Waals surface area contributed by atoms with Gasteiger partial charge in [-0.1, -0.05) is 49.0 Å². The van der Waals surface area contributed by atoms with Crippen molar-refractivity contribution in [1.82, 2.24) is 5.32 Å². The third kappa shape index (κ3) is 6.33. The molecule has 0 aromatic heterocycles. The summed E-state index contributed by atoms with van der Waals surface area (Å²) in [5.74, 6) is 1.09. The van der Waals surface area contributed by atoms with Crippen LogP contribution in [-0.2, 0) is 17.8 Å². The molecule has 1 aliphatic heterocycles. The quantitative estimate of drug-likeness (QED) is 0.218. The van der Waals surface area contributed by atoms with Crippen LogP contribution in [0.5, 0.6) is 11.5 Å². The van der Waals surface area contributed by atoms with Crippen LogP contribution in [0.1, 0.15) is 36.1 Å². The number of nitriles is 1. The lowest BCUT2D eigenvalue weighted by molar-refractivity contribution is -0.116. The maximum absolute atomic E-state index is 12.6. The molecule has 1 saturated heterocycles. The van der Waals surface area contributed by atoms with Crippen LogP contribution in [0.25, 0.3) is 6.08 Å². The van der Waals surface area contributed by atoms with Crippen molar-refractivity contribution in [3.05, 3.63) is 91.4 Å². The second-order valence-electron chi connectivity index (χ2n) is 8.00. The van der Waals surface area contributed by atoms with E-state index in [0.29, 0.717) is 28.6 Å². The van der Waals surface area contributed by atoms with E-state index in [-0.39, 0.29) is 18.0 Å². The van der Waals surface area contributed by atoms with Gasteiger partial charge < -0.3 is 20.1 Å². The summed E-state index contributed by atoms with van der Waals surface area (Å²) < 4.78 is 12.8. The first-order valence-electron chi connectivity index (χ1n) is 11.6. The molecule has 8 heteroatoms. The number of amides is 1. The standard InChI is InChI=1S/C28H26IN3O3S/c1-3-18-9-11-22(12-10-18)31-28-32-27(33)25(36-28)15-19-13-23(29)26(24(14-19)34-4-2)35-17-21-8-6-5-7-20(21)16-30/h5-15,28,31H,3-4,17H2,1-2H3,(H,32,33)/b25-15-/t28-/m1/s1. The van der Waals surface area contributed by atoms with Crippen molar-refractivity contribution in [2.24, 2.45) is 0 Å². The predicted molar refractivity (Wildman–Crippen MR) is 153 cm³/mol. The SMILES string of the molecule is CCOc1cc(/C=C2\S[C@H](Nc3ccc(CC)cc3)NC2=O)cc(I)c1OCc1ccccc1C#N. The smallest absolute Gasteiger partial charge is 0.260 e. The molecule has 184 valence electrons. The van der Waals surface area contributed by atoms with Gasteiger partial charge in [-0.05, 0) is 83.5 Å². The Morgan fingerprint density at radius 3 is 2.64 bits per heavy atom. The molecule has 0 aliphatic carbocycles. The van der Waals surface area contributed by atoms with Crippen LogP contribution in [-0.4, -0.2) is 18.0 Å². The van der Waals surface area contributed by atoms with E-state index >= 15 is 0 Å². The fraction of sp³-hybridized carbons (Fsp3) is 0.214. The molecule has 0 bridgehead atoms. The highest BCUT2D eigenvalue weighted by atomic mass is 127. The Kier molecular flexibility index (Phi) is 8.78. The highest BCUT2D eigenvalue weighted by Gasteiger charge is 2.27. The van der Waals surface area contributed by atoms with Gasteiger partial charge >= 0.3 is 0 Å². The molecular weight excluding hydrogens is 585 g/mol. The number of nitrogens with one attached hydrogen (secondary N) is 2. The number of hydrogen-bond donors (Lipinski definition) is 2. The number of benzene rings is 3. The Balaban J connectivity index is 1.51. The third-order valence-corrected chi connectivity index (χ3v) is 7.36. The predicted octanol–water partition coefficient (Wildman–Crippen LogP) is 6.30. The van der Waals surface area contributed by atoms with Crippen LogP contribution in [0.3, 0.4) is 0 Å². The molecule has 3 aromatic carbocycles. The number of ether oxygens (including phenoxy) is 2. The first kappa shape index (κ1) is 25.9. The summed E-state index contributed by atoms with van der Waals surface area (Å²) in [6, 6.07) is 21.6. The molecule has 0 spiro atoms. The van der Waals surface area contributed by atoms with Crippen LogP contribution in [0.4, 0.5) is 5.69 Å². The zero-order valence-corrected chi connectivity index (χ0v) is 23.0. The van der Waals surface area contributed by atoms with Gasteiger partial charge in [0.1, 0.15) is 6.61 Å². The van der Waals surface area contributed by atoms with Crippen LogP contribution < -0.4 is 20.1 Å². The molecule has 1 heterocycles. The van der Waals surface area contributed by atoms with Crippen LogP contribution in [0.15, 0.2) is 65.6 Å². The molecule has 2 N–H and O–H groups in total. The largest absolute Gasteiger partial charge is 0.490 e. The van der Waals surface area contributed by atoms with Crippen molar-refractivity contribution in [2.45, 2.75) is 32.4 Å². The Morgan fingerprint density at radius 2 is 1.92 bits per heavy atom. The van der Waals surface area contributed by atoms with E-state index < -0.39 is 0 Å². The van der Waals surface area contributed by atoms with Gasteiger partial charge in [0.2, 0.25) is 0 Å². The first-order valence-corrected chi connectivity index (χ1v) is 13.6. The van der Waals surface area contributed by atoms with E-state index in [1.54, 1.807) is 6.07 Å². The van der Waals surface area contributed by atoms with Gasteiger partial charge in [0, 0.05) is 11.3 Å². The molecule has 4 rings (SSSR count). The average Bonchev–Trinajstić information content (AvgIpc) is 3.22. The molecular formula is C28H26IN3O3S. The Hall–Kier alpha value is -3.16. The minimum absolute atomic E-state index is 0.121. The van der Waals surface area contributed by atoms with E-state index in [9.17, 15) is 10.1 Å². The number of thioether (sulfide) groups is 1. The molecule has 36 heavy (non-hydrogen) atoms. The van der Waals surface area contributed by atoms with E-state index in [4.69, 9.17) is 9.47 Å². The van der Waals surface area contributed by atoms with Crippen molar-refractivity contribution in [1.29, 1.82) is 5.26 Å². The summed E-state index contributed by atoms with van der Waals surface area (Å²) in [6.07, 6.45) is 2.85. The van der Waals surface area contributed by atoms with Gasteiger partial charge in [0.05, 0.1) is 26.7 Å². The van der Waals surface area contributed by atoms with Gasteiger partial charge in [0.25, 0.3) is 5.91 Å².